The summed E-state index contributed by atoms with van der Waals surface area (Å²) in [6.45, 7) is 13.0. The number of benzene rings is 6. The summed E-state index contributed by atoms with van der Waals surface area (Å²) < 4.78 is 13.9. The lowest BCUT2D eigenvalue weighted by atomic mass is 9.76. The van der Waals surface area contributed by atoms with E-state index in [0.29, 0.717) is 17.9 Å². The average molecular weight is 893 g/mol. The quantitative estimate of drug-likeness (QED) is 0.128. The third-order valence-corrected chi connectivity index (χ3v) is 15.8. The van der Waals surface area contributed by atoms with Gasteiger partial charge in [-0.2, -0.15) is 0 Å². The Balaban J connectivity index is 0.958. The van der Waals surface area contributed by atoms with Crippen molar-refractivity contribution in [1.29, 1.82) is 0 Å². The van der Waals surface area contributed by atoms with Gasteiger partial charge in [0, 0.05) is 39.8 Å². The van der Waals surface area contributed by atoms with Crippen molar-refractivity contribution in [3.63, 3.8) is 0 Å². The number of hydrogen-bond donors (Lipinski definition) is 2. The largest absolute Gasteiger partial charge is 0.507 e. The van der Waals surface area contributed by atoms with Crippen molar-refractivity contribution < 1.29 is 19.7 Å². The molecule has 0 aliphatic heterocycles. The molecule has 0 spiro atoms. The summed E-state index contributed by atoms with van der Waals surface area (Å²) in [5, 5.41) is 25.1. The minimum Gasteiger partial charge on any atom is -0.507 e. The summed E-state index contributed by atoms with van der Waals surface area (Å²) in [6.07, 6.45) is 20.6. The number of aromatic hydroxyl groups is 2. The molecule has 4 heteroatoms. The van der Waals surface area contributed by atoms with Gasteiger partial charge in [-0.3, -0.25) is 0 Å². The highest BCUT2D eigenvalue weighted by Crippen LogP contribution is 2.50. The maximum atomic E-state index is 12.5. The number of rotatable bonds is 12. The zero-order valence-electron chi connectivity index (χ0n) is 41.2. The van der Waals surface area contributed by atoms with Crippen LogP contribution in [0.1, 0.15) is 152 Å². The molecule has 67 heavy (non-hydrogen) atoms. The molecule has 0 saturated heterocycles. The van der Waals surface area contributed by atoms with Gasteiger partial charge < -0.3 is 19.7 Å². The van der Waals surface area contributed by atoms with E-state index in [9.17, 15) is 10.2 Å². The van der Waals surface area contributed by atoms with Gasteiger partial charge in [-0.25, -0.2) is 0 Å². The predicted octanol–water partition coefficient (Wildman–Crippen LogP) is 15.6. The van der Waals surface area contributed by atoms with Gasteiger partial charge >= 0.3 is 0 Å². The molecule has 0 bridgehead atoms. The van der Waals surface area contributed by atoms with Crippen LogP contribution in [0.25, 0.3) is 44.5 Å². The Morgan fingerprint density at radius 1 is 0.418 bits per heavy atom. The van der Waals surface area contributed by atoms with Crippen LogP contribution in [0.3, 0.4) is 0 Å². The van der Waals surface area contributed by atoms with E-state index in [0.717, 1.165) is 120 Å². The molecule has 4 nitrogen and oxygen atoms in total. The molecule has 1 unspecified atom stereocenters. The van der Waals surface area contributed by atoms with Gasteiger partial charge in [-0.05, 0) is 270 Å². The van der Waals surface area contributed by atoms with E-state index in [4.69, 9.17) is 9.47 Å². The standard InChI is InChI=1S/C63H72O4/c1-7-42-25-27-58(52(34-42)54-29-38(3)31-56(62(54)64)60-48-21-13-9-17-44(48)36-45-18-10-14-22-49(45)60)66-40(5)33-41(6)67-59-28-26-43(8-2)35-53(59)55-30-39(4)32-57(63(55)65)61-50-23-15-11-19-46(50)37-47-20-12-16-24-51(47)61/h25-32,34-37,40-41,64-65H,7-24,33H2,1-6H3/t40-,41?/m1/s1. The zero-order chi connectivity index (χ0) is 46.3. The van der Waals surface area contributed by atoms with Gasteiger partial charge in [0.25, 0.3) is 0 Å². The lowest BCUT2D eigenvalue weighted by Crippen LogP contribution is -2.23. The second-order valence-corrected chi connectivity index (χ2v) is 20.8. The van der Waals surface area contributed by atoms with Crippen LogP contribution in [0.15, 0.2) is 72.8 Å². The normalized spacial score (nSPS) is 16.3. The molecule has 0 saturated carbocycles. The fourth-order valence-electron chi connectivity index (χ4n) is 12.5. The molecular formula is C63H72O4. The summed E-state index contributed by atoms with van der Waals surface area (Å²) in [5.74, 6) is 2.27. The molecule has 2 N–H and O–H groups in total. The van der Waals surface area contributed by atoms with Gasteiger partial charge in [0.05, 0.1) is 12.2 Å². The maximum absolute atomic E-state index is 12.5. The highest BCUT2D eigenvalue weighted by molar-refractivity contribution is 5.90. The molecule has 0 amide bonds. The van der Waals surface area contributed by atoms with Crippen molar-refractivity contribution >= 4 is 0 Å². The second-order valence-electron chi connectivity index (χ2n) is 20.8. The van der Waals surface area contributed by atoms with Gasteiger partial charge in [0.2, 0.25) is 0 Å². The van der Waals surface area contributed by atoms with Crippen molar-refractivity contribution in [3.8, 4) is 67.5 Å². The number of phenolic OH excluding ortho intramolecular Hbond substituents is 2. The lowest BCUT2D eigenvalue weighted by Gasteiger charge is -2.29. The van der Waals surface area contributed by atoms with Crippen LogP contribution in [0, 0.1) is 13.8 Å². The molecule has 0 radical (unpaired) electrons. The van der Waals surface area contributed by atoms with E-state index in [1.165, 1.54) is 118 Å². The van der Waals surface area contributed by atoms with E-state index in [1.54, 1.807) is 0 Å². The van der Waals surface area contributed by atoms with Gasteiger partial charge in [-0.1, -0.05) is 38.1 Å². The van der Waals surface area contributed by atoms with E-state index in [-0.39, 0.29) is 12.2 Å². The van der Waals surface area contributed by atoms with Crippen LogP contribution in [0.5, 0.6) is 23.0 Å². The molecule has 2 atom stereocenters. The van der Waals surface area contributed by atoms with Gasteiger partial charge in [0.15, 0.2) is 0 Å². The fourth-order valence-corrected chi connectivity index (χ4v) is 12.5. The van der Waals surface area contributed by atoms with Crippen LogP contribution in [0.2, 0.25) is 0 Å². The topological polar surface area (TPSA) is 58.9 Å². The first-order valence-electron chi connectivity index (χ1n) is 26.2. The van der Waals surface area contributed by atoms with Crippen molar-refractivity contribution in [1.82, 2.24) is 0 Å². The van der Waals surface area contributed by atoms with Crippen LogP contribution in [-0.4, -0.2) is 22.4 Å². The zero-order valence-corrected chi connectivity index (χ0v) is 41.2. The molecule has 6 aromatic carbocycles. The first-order valence-corrected chi connectivity index (χ1v) is 26.2. The number of aryl methyl sites for hydroxylation is 8. The van der Waals surface area contributed by atoms with Crippen molar-refractivity contribution in [2.75, 3.05) is 0 Å². The highest BCUT2D eigenvalue weighted by Gasteiger charge is 2.29. The minimum atomic E-state index is -0.186. The van der Waals surface area contributed by atoms with Crippen LogP contribution < -0.4 is 9.47 Å². The Morgan fingerprint density at radius 3 is 1.09 bits per heavy atom. The first-order chi connectivity index (χ1) is 32.6. The highest BCUT2D eigenvalue weighted by atomic mass is 16.5. The SMILES string of the molecule is CCc1ccc(OC(C)C[C@@H](C)Oc2ccc(CC)cc2-c2cc(C)cc(-c3c4c(cc5c3CCCC5)CCCC4)c2O)c(-c2cc(C)cc(-c3c4c(cc5c3CCCC5)CCCC4)c2O)c1. The minimum absolute atomic E-state index is 0.186. The summed E-state index contributed by atoms with van der Waals surface area (Å²) in [7, 11) is 0. The Labute approximate surface area is 400 Å². The molecule has 4 aliphatic carbocycles. The van der Waals surface area contributed by atoms with Gasteiger partial charge in [-0.15, -0.1) is 0 Å². The molecule has 0 heterocycles. The number of ether oxygens (including phenoxy) is 2. The lowest BCUT2D eigenvalue weighted by molar-refractivity contribution is 0.131. The molecule has 348 valence electrons. The Morgan fingerprint density at radius 2 is 0.746 bits per heavy atom. The van der Waals surface area contributed by atoms with E-state index >= 15 is 0 Å². The molecule has 6 aromatic rings. The predicted molar refractivity (Wildman–Crippen MR) is 278 cm³/mol. The van der Waals surface area contributed by atoms with E-state index < -0.39 is 0 Å². The third-order valence-electron chi connectivity index (χ3n) is 15.8. The number of fused-ring (bicyclic) bond motifs is 4. The molecular weight excluding hydrogens is 821 g/mol. The summed E-state index contributed by atoms with van der Waals surface area (Å²) in [4.78, 5) is 0. The third kappa shape index (κ3) is 8.91. The Bertz CT molecular complexity index is 2580. The van der Waals surface area contributed by atoms with Crippen molar-refractivity contribution in [2.24, 2.45) is 0 Å². The summed E-state index contributed by atoms with van der Waals surface area (Å²) >= 11 is 0. The Kier molecular flexibility index (Phi) is 13.0. The first kappa shape index (κ1) is 45.3. The number of hydrogen-bond acceptors (Lipinski definition) is 4. The summed E-state index contributed by atoms with van der Waals surface area (Å²) in [5.41, 5.74) is 24.6. The van der Waals surface area contributed by atoms with E-state index in [2.05, 4.69) is 114 Å². The van der Waals surface area contributed by atoms with Crippen LogP contribution in [-0.2, 0) is 64.2 Å². The summed E-state index contributed by atoms with van der Waals surface area (Å²) in [6, 6.07) is 26.7. The van der Waals surface area contributed by atoms with Gasteiger partial charge in [0.1, 0.15) is 23.0 Å². The smallest absolute Gasteiger partial charge is 0.131 e. The monoisotopic (exact) mass is 893 g/mol. The molecule has 0 fully saturated rings. The fraction of sp³-hybridized carbons (Fsp3) is 0.429. The van der Waals surface area contributed by atoms with Crippen LogP contribution in [0.4, 0.5) is 0 Å². The Hall–Kier alpha value is -5.48. The molecule has 4 aliphatic rings. The molecule has 0 aromatic heterocycles. The van der Waals surface area contributed by atoms with Crippen LogP contribution >= 0.6 is 0 Å². The molecule has 10 rings (SSSR count). The van der Waals surface area contributed by atoms with Crippen molar-refractivity contribution in [3.05, 3.63) is 140 Å². The number of phenols is 2. The maximum Gasteiger partial charge on any atom is 0.131 e. The van der Waals surface area contributed by atoms with E-state index in [1.807, 2.05) is 0 Å². The second kappa shape index (κ2) is 19.3. The van der Waals surface area contributed by atoms with Crippen molar-refractivity contribution in [2.45, 2.75) is 176 Å². The average Bonchev–Trinajstić information content (AvgIpc) is 3.34.